The summed E-state index contributed by atoms with van der Waals surface area (Å²) in [5.74, 6) is -3.36. The molecule has 0 amide bonds. The van der Waals surface area contributed by atoms with Crippen LogP contribution in [0.15, 0.2) is 65.4 Å². The molecule has 11 heteroatoms. The van der Waals surface area contributed by atoms with Crippen molar-refractivity contribution in [2.45, 2.75) is 24.5 Å². The Morgan fingerprint density at radius 3 is 2.08 bits per heavy atom. The molecule has 0 radical (unpaired) electrons. The van der Waals surface area contributed by atoms with E-state index in [1.54, 1.807) is 12.1 Å². The number of aliphatic carboxylic acids is 2. The van der Waals surface area contributed by atoms with E-state index in [-0.39, 0.29) is 6.10 Å². The standard InChI is InChI=1S/C23H25NO4S2.C2H2O4/c25-22(23(26,20-9-4-15-29-20)21-10-5-16-30-21)28-19-11-13-24(17-19)12-6-14-27-18-7-2-1-3-8-18;3-1(4)2(5)6/h1-5,7-10,15-16,19,26H,6,11-14,17H2;(H,3,4)(H,5,6)/t19-;/m1./s1. The van der Waals surface area contributed by atoms with Crippen LogP contribution < -0.4 is 4.74 Å². The minimum Gasteiger partial charge on any atom is -0.494 e. The molecule has 0 unspecified atom stereocenters. The molecular formula is C25H27NO8S2. The van der Waals surface area contributed by atoms with E-state index in [0.717, 1.165) is 31.7 Å². The topological polar surface area (TPSA) is 134 Å². The average Bonchev–Trinajstić information content (AvgIpc) is 3.66. The highest BCUT2D eigenvalue weighted by molar-refractivity contribution is 7.12. The number of hydrogen-bond donors (Lipinski definition) is 3. The van der Waals surface area contributed by atoms with Crippen LogP contribution in [0.5, 0.6) is 5.75 Å². The summed E-state index contributed by atoms with van der Waals surface area (Å²) in [5, 5.41) is 29.8. The van der Waals surface area contributed by atoms with Gasteiger partial charge >= 0.3 is 17.9 Å². The van der Waals surface area contributed by atoms with Crippen LogP contribution in [0.3, 0.4) is 0 Å². The molecule has 1 atom stereocenters. The van der Waals surface area contributed by atoms with E-state index in [2.05, 4.69) is 4.90 Å². The van der Waals surface area contributed by atoms with Gasteiger partial charge in [0.2, 0.25) is 5.60 Å². The van der Waals surface area contributed by atoms with Crippen molar-refractivity contribution in [3.63, 3.8) is 0 Å². The van der Waals surface area contributed by atoms with E-state index in [0.29, 0.717) is 22.9 Å². The molecule has 3 N–H and O–H groups in total. The van der Waals surface area contributed by atoms with Gasteiger partial charge in [-0.2, -0.15) is 0 Å². The van der Waals surface area contributed by atoms with E-state index < -0.39 is 23.5 Å². The predicted molar refractivity (Wildman–Crippen MR) is 134 cm³/mol. The van der Waals surface area contributed by atoms with E-state index in [4.69, 9.17) is 29.3 Å². The number of aliphatic hydroxyl groups is 1. The predicted octanol–water partition coefficient (Wildman–Crippen LogP) is 3.29. The molecular weight excluding hydrogens is 506 g/mol. The number of benzene rings is 1. The van der Waals surface area contributed by atoms with Crippen LogP contribution in [0, 0.1) is 0 Å². The summed E-state index contributed by atoms with van der Waals surface area (Å²) in [6.45, 7) is 3.10. The monoisotopic (exact) mass is 533 g/mol. The van der Waals surface area contributed by atoms with Crippen molar-refractivity contribution in [1.29, 1.82) is 0 Å². The largest absolute Gasteiger partial charge is 0.494 e. The van der Waals surface area contributed by atoms with Crippen molar-refractivity contribution in [1.82, 2.24) is 4.90 Å². The average molecular weight is 534 g/mol. The SMILES string of the molecule is O=C(O)C(=O)O.O=C(O[C@@H]1CCN(CCCOc2ccccc2)C1)C(O)(c1cccs1)c1cccs1. The van der Waals surface area contributed by atoms with Crippen molar-refractivity contribution in [2.24, 2.45) is 0 Å². The van der Waals surface area contributed by atoms with Crippen molar-refractivity contribution in [3.05, 3.63) is 75.1 Å². The molecule has 192 valence electrons. The molecule has 0 aliphatic carbocycles. The van der Waals surface area contributed by atoms with Gasteiger partial charge in [-0.3, -0.25) is 4.90 Å². The number of hydrogen-bond acceptors (Lipinski definition) is 9. The van der Waals surface area contributed by atoms with Crippen molar-refractivity contribution in [2.75, 3.05) is 26.2 Å². The zero-order valence-corrected chi connectivity index (χ0v) is 21.0. The third-order valence-corrected chi connectivity index (χ3v) is 7.32. The lowest BCUT2D eigenvalue weighted by Gasteiger charge is -2.26. The Morgan fingerprint density at radius 2 is 1.56 bits per heavy atom. The van der Waals surface area contributed by atoms with Gasteiger partial charge < -0.3 is 24.8 Å². The lowest BCUT2D eigenvalue weighted by atomic mass is 10.00. The molecule has 0 spiro atoms. The number of esters is 1. The fourth-order valence-corrected chi connectivity index (χ4v) is 5.33. The molecule has 1 aromatic carbocycles. The number of thiophene rings is 2. The zero-order chi connectivity index (χ0) is 26.0. The lowest BCUT2D eigenvalue weighted by Crippen LogP contribution is -2.39. The molecule has 3 aromatic rings. The summed E-state index contributed by atoms with van der Waals surface area (Å²) in [6, 6.07) is 17.0. The number of likely N-dealkylation sites (tertiary alicyclic amines) is 1. The summed E-state index contributed by atoms with van der Waals surface area (Å²) >= 11 is 2.72. The molecule has 4 rings (SSSR count). The van der Waals surface area contributed by atoms with E-state index in [1.165, 1.54) is 22.7 Å². The van der Waals surface area contributed by atoms with Gasteiger partial charge in [-0.25, -0.2) is 14.4 Å². The molecule has 0 bridgehead atoms. The second-order valence-corrected chi connectivity index (χ2v) is 9.80. The van der Waals surface area contributed by atoms with Crippen molar-refractivity contribution < 1.29 is 39.2 Å². The highest BCUT2D eigenvalue weighted by atomic mass is 32.1. The van der Waals surface area contributed by atoms with Crippen LogP contribution in [0.2, 0.25) is 0 Å². The zero-order valence-electron chi connectivity index (χ0n) is 19.3. The Kier molecular flexibility index (Phi) is 10.00. The lowest BCUT2D eigenvalue weighted by molar-refractivity contribution is -0.166. The van der Waals surface area contributed by atoms with Gasteiger partial charge in [0.05, 0.1) is 16.4 Å². The quantitative estimate of drug-likeness (QED) is 0.215. The molecule has 0 saturated carbocycles. The second kappa shape index (κ2) is 13.2. The van der Waals surface area contributed by atoms with Crippen molar-refractivity contribution >= 4 is 40.6 Å². The van der Waals surface area contributed by atoms with Gasteiger partial charge in [0.1, 0.15) is 11.9 Å². The van der Waals surface area contributed by atoms with E-state index in [1.807, 2.05) is 53.2 Å². The first-order valence-electron chi connectivity index (χ1n) is 11.2. The van der Waals surface area contributed by atoms with Crippen LogP contribution in [0.4, 0.5) is 0 Å². The Bertz CT molecular complexity index is 1060. The third-order valence-electron chi connectivity index (χ3n) is 5.37. The van der Waals surface area contributed by atoms with Crippen LogP contribution in [0.25, 0.3) is 0 Å². The smallest absolute Gasteiger partial charge is 0.414 e. The number of carbonyl (C=O) groups excluding carboxylic acids is 1. The van der Waals surface area contributed by atoms with E-state index in [9.17, 15) is 9.90 Å². The molecule has 1 aliphatic heterocycles. The maximum absolute atomic E-state index is 13.0. The highest BCUT2D eigenvalue weighted by Gasteiger charge is 2.45. The Hall–Kier alpha value is -3.25. The fraction of sp³-hybridized carbons (Fsp3) is 0.320. The number of rotatable bonds is 9. The first-order valence-corrected chi connectivity index (χ1v) is 12.9. The first kappa shape index (κ1) is 27.3. The van der Waals surface area contributed by atoms with Gasteiger partial charge in [0, 0.05) is 19.6 Å². The van der Waals surface area contributed by atoms with Crippen LogP contribution in [-0.2, 0) is 24.7 Å². The Balaban J connectivity index is 0.000000538. The number of para-hydroxylation sites is 1. The number of ether oxygens (including phenoxy) is 2. The van der Waals surface area contributed by atoms with Crippen LogP contribution in [0.1, 0.15) is 22.6 Å². The summed E-state index contributed by atoms with van der Waals surface area (Å²) in [4.78, 5) is 34.7. The van der Waals surface area contributed by atoms with Gasteiger partial charge in [0.15, 0.2) is 0 Å². The van der Waals surface area contributed by atoms with Gasteiger partial charge in [0.25, 0.3) is 0 Å². The Labute approximate surface area is 216 Å². The number of carboxylic acids is 2. The van der Waals surface area contributed by atoms with Crippen LogP contribution in [-0.4, -0.2) is 70.5 Å². The molecule has 9 nitrogen and oxygen atoms in total. The minimum atomic E-state index is -1.82. The van der Waals surface area contributed by atoms with Gasteiger partial charge in [-0.15, -0.1) is 22.7 Å². The molecule has 1 fully saturated rings. The summed E-state index contributed by atoms with van der Waals surface area (Å²) in [5.41, 5.74) is -1.74. The van der Waals surface area contributed by atoms with Gasteiger partial charge in [-0.05, 0) is 47.9 Å². The minimum absolute atomic E-state index is 0.209. The number of carboxylic acid groups (broad SMARTS) is 2. The molecule has 2 aromatic heterocycles. The third kappa shape index (κ3) is 7.37. The van der Waals surface area contributed by atoms with Gasteiger partial charge in [-0.1, -0.05) is 30.3 Å². The van der Waals surface area contributed by atoms with Crippen LogP contribution >= 0.6 is 22.7 Å². The number of carbonyl (C=O) groups is 3. The molecule has 36 heavy (non-hydrogen) atoms. The normalized spacial score (nSPS) is 15.5. The second-order valence-electron chi connectivity index (χ2n) is 7.91. The highest BCUT2D eigenvalue weighted by Crippen LogP contribution is 2.37. The summed E-state index contributed by atoms with van der Waals surface area (Å²) < 4.78 is 11.5. The first-order chi connectivity index (χ1) is 17.3. The van der Waals surface area contributed by atoms with E-state index >= 15 is 0 Å². The summed E-state index contributed by atoms with van der Waals surface area (Å²) in [6.07, 6.45) is 1.47. The maximum Gasteiger partial charge on any atom is 0.414 e. The Morgan fingerprint density at radius 1 is 0.944 bits per heavy atom. The molecule has 1 saturated heterocycles. The van der Waals surface area contributed by atoms with Crippen molar-refractivity contribution in [3.8, 4) is 5.75 Å². The molecule has 1 aliphatic rings. The summed E-state index contributed by atoms with van der Waals surface area (Å²) in [7, 11) is 0. The number of nitrogens with zero attached hydrogens (tertiary/aromatic N) is 1. The maximum atomic E-state index is 13.0. The molecule has 3 heterocycles. The fourth-order valence-electron chi connectivity index (χ4n) is 3.62.